The fourth-order valence-corrected chi connectivity index (χ4v) is 3.96. The first-order chi connectivity index (χ1) is 14.6. The van der Waals surface area contributed by atoms with Crippen molar-refractivity contribution in [3.8, 4) is 0 Å². The summed E-state index contributed by atoms with van der Waals surface area (Å²) in [6.07, 6.45) is -4.01. The van der Waals surface area contributed by atoms with Crippen LogP contribution in [0.1, 0.15) is 21.5 Å². The maximum Gasteiger partial charge on any atom is 0.405 e. The van der Waals surface area contributed by atoms with Crippen LogP contribution < -0.4 is 10.0 Å². The number of benzene rings is 3. The molecule has 5 nitrogen and oxygen atoms in total. The van der Waals surface area contributed by atoms with E-state index in [-0.39, 0.29) is 10.5 Å². The van der Waals surface area contributed by atoms with Gasteiger partial charge in [-0.15, -0.1) is 0 Å². The van der Waals surface area contributed by atoms with Crippen molar-refractivity contribution in [2.24, 2.45) is 0 Å². The first-order valence-corrected chi connectivity index (χ1v) is 10.7. The smallest absolute Gasteiger partial charge is 0.343 e. The molecule has 9 heteroatoms. The van der Waals surface area contributed by atoms with E-state index in [1.54, 1.807) is 17.4 Å². The van der Waals surface area contributed by atoms with Crippen molar-refractivity contribution in [3.63, 3.8) is 0 Å². The number of halogens is 3. The molecule has 2 N–H and O–H groups in total. The fourth-order valence-electron chi connectivity index (χ4n) is 2.86. The zero-order valence-electron chi connectivity index (χ0n) is 16.2. The molecular weight excluding hydrogens is 429 g/mol. The molecule has 0 saturated carbocycles. The van der Waals surface area contributed by atoms with Crippen molar-refractivity contribution in [1.82, 2.24) is 5.32 Å². The number of carbonyl (C=O) groups is 1. The van der Waals surface area contributed by atoms with E-state index >= 15 is 0 Å². The Bertz CT molecular complexity index is 1150. The second-order valence-electron chi connectivity index (χ2n) is 6.75. The molecule has 0 aliphatic carbocycles. The zero-order valence-corrected chi connectivity index (χ0v) is 17.0. The topological polar surface area (TPSA) is 75.3 Å². The third kappa shape index (κ3) is 6.32. The summed E-state index contributed by atoms with van der Waals surface area (Å²) in [5.41, 5.74) is 2.13. The summed E-state index contributed by atoms with van der Waals surface area (Å²) < 4.78 is 64.8. The van der Waals surface area contributed by atoms with Crippen molar-refractivity contribution < 1.29 is 26.4 Å². The van der Waals surface area contributed by atoms with Crippen molar-refractivity contribution in [2.45, 2.75) is 17.5 Å². The van der Waals surface area contributed by atoms with E-state index in [1.165, 1.54) is 12.1 Å². The predicted octanol–water partition coefficient (Wildman–Crippen LogP) is 4.37. The lowest BCUT2D eigenvalue weighted by Gasteiger charge is -2.13. The minimum absolute atomic E-state index is 0.0762. The van der Waals surface area contributed by atoms with Gasteiger partial charge in [0.25, 0.3) is 15.9 Å². The minimum Gasteiger partial charge on any atom is -0.343 e. The van der Waals surface area contributed by atoms with Crippen LogP contribution in [-0.2, 0) is 16.4 Å². The standard InChI is InChI=1S/C22H19F3N2O3S/c23-22(24,25)15-26-21(28)17-10-12-19(13-11-17)31(29,30)27-20-9-5-4-8-18(20)14-16-6-2-1-3-7-16/h1-13,27H,14-15H2,(H,26,28). The summed E-state index contributed by atoms with van der Waals surface area (Å²) in [6, 6.07) is 21.2. The van der Waals surface area contributed by atoms with E-state index in [4.69, 9.17) is 0 Å². The van der Waals surface area contributed by atoms with Gasteiger partial charge in [-0.1, -0.05) is 48.5 Å². The molecule has 0 heterocycles. The van der Waals surface area contributed by atoms with Gasteiger partial charge in [-0.05, 0) is 47.9 Å². The summed E-state index contributed by atoms with van der Waals surface area (Å²) in [6.45, 7) is -1.47. The number of hydrogen-bond acceptors (Lipinski definition) is 3. The van der Waals surface area contributed by atoms with Gasteiger partial charge < -0.3 is 5.32 Å². The van der Waals surface area contributed by atoms with Gasteiger partial charge in [-0.3, -0.25) is 9.52 Å². The Labute approximate surface area is 178 Å². The molecule has 31 heavy (non-hydrogen) atoms. The van der Waals surface area contributed by atoms with E-state index in [0.717, 1.165) is 23.3 Å². The SMILES string of the molecule is O=C(NCC(F)(F)F)c1ccc(S(=O)(=O)Nc2ccccc2Cc2ccccc2)cc1. The number of para-hydroxylation sites is 1. The van der Waals surface area contributed by atoms with E-state index in [2.05, 4.69) is 4.72 Å². The molecule has 0 aromatic heterocycles. The third-order valence-electron chi connectivity index (χ3n) is 4.38. The van der Waals surface area contributed by atoms with Crippen LogP contribution in [-0.4, -0.2) is 27.0 Å². The quantitative estimate of drug-likeness (QED) is 0.564. The van der Waals surface area contributed by atoms with Gasteiger partial charge in [-0.2, -0.15) is 13.2 Å². The van der Waals surface area contributed by atoms with Crippen molar-refractivity contribution >= 4 is 21.6 Å². The van der Waals surface area contributed by atoms with Gasteiger partial charge in [-0.25, -0.2) is 8.42 Å². The molecule has 162 valence electrons. The van der Waals surface area contributed by atoms with Gasteiger partial charge in [0, 0.05) is 5.56 Å². The highest BCUT2D eigenvalue weighted by molar-refractivity contribution is 7.92. The highest BCUT2D eigenvalue weighted by atomic mass is 32.2. The molecular formula is C22H19F3N2O3S. The summed E-state index contributed by atoms with van der Waals surface area (Å²) in [4.78, 5) is 11.7. The van der Waals surface area contributed by atoms with Gasteiger partial charge >= 0.3 is 6.18 Å². The van der Waals surface area contributed by atoms with Crippen LogP contribution >= 0.6 is 0 Å². The van der Waals surface area contributed by atoms with Crippen LogP contribution in [0.2, 0.25) is 0 Å². The van der Waals surface area contributed by atoms with Gasteiger partial charge in [0.2, 0.25) is 0 Å². The zero-order chi connectivity index (χ0) is 22.5. The number of anilines is 1. The molecule has 0 fully saturated rings. The minimum atomic E-state index is -4.53. The Morgan fingerprint density at radius 1 is 0.839 bits per heavy atom. The molecule has 0 bridgehead atoms. The molecule has 0 unspecified atom stereocenters. The number of hydrogen-bond donors (Lipinski definition) is 2. The predicted molar refractivity (Wildman–Crippen MR) is 111 cm³/mol. The van der Waals surface area contributed by atoms with Crippen LogP contribution in [0.3, 0.4) is 0 Å². The summed E-state index contributed by atoms with van der Waals surface area (Å²) >= 11 is 0. The van der Waals surface area contributed by atoms with Gasteiger partial charge in [0.15, 0.2) is 0 Å². The molecule has 3 aromatic carbocycles. The number of carbonyl (C=O) groups excluding carboxylic acids is 1. The highest BCUT2D eigenvalue weighted by Crippen LogP contribution is 2.23. The largest absolute Gasteiger partial charge is 0.405 e. The fraction of sp³-hybridized carbons (Fsp3) is 0.136. The first-order valence-electron chi connectivity index (χ1n) is 9.24. The second-order valence-corrected chi connectivity index (χ2v) is 8.43. The molecule has 0 atom stereocenters. The maximum atomic E-state index is 12.8. The van der Waals surface area contributed by atoms with E-state index < -0.39 is 28.7 Å². The highest BCUT2D eigenvalue weighted by Gasteiger charge is 2.28. The van der Waals surface area contributed by atoms with E-state index in [0.29, 0.717) is 12.1 Å². The van der Waals surface area contributed by atoms with E-state index in [9.17, 15) is 26.4 Å². The van der Waals surface area contributed by atoms with Crippen LogP contribution in [0.25, 0.3) is 0 Å². The number of amides is 1. The summed E-state index contributed by atoms with van der Waals surface area (Å²) in [5, 5.41) is 1.74. The molecule has 3 aromatic rings. The van der Waals surface area contributed by atoms with Crippen molar-refractivity contribution in [3.05, 3.63) is 95.6 Å². The van der Waals surface area contributed by atoms with Crippen LogP contribution in [0.5, 0.6) is 0 Å². The Morgan fingerprint density at radius 3 is 2.10 bits per heavy atom. The maximum absolute atomic E-state index is 12.8. The molecule has 0 radical (unpaired) electrons. The molecule has 0 aliphatic rings. The Morgan fingerprint density at radius 2 is 1.45 bits per heavy atom. The lowest BCUT2D eigenvalue weighted by molar-refractivity contribution is -0.123. The molecule has 0 aliphatic heterocycles. The normalized spacial score (nSPS) is 11.7. The Balaban J connectivity index is 1.75. The monoisotopic (exact) mass is 448 g/mol. The molecule has 0 saturated heterocycles. The average Bonchev–Trinajstić information content (AvgIpc) is 2.73. The molecule has 0 spiro atoms. The summed E-state index contributed by atoms with van der Waals surface area (Å²) in [7, 11) is -3.97. The summed E-state index contributed by atoms with van der Waals surface area (Å²) in [5.74, 6) is -0.942. The van der Waals surface area contributed by atoms with Crippen LogP contribution in [0, 0.1) is 0 Å². The molecule has 1 amide bonds. The second kappa shape index (κ2) is 9.22. The lowest BCUT2D eigenvalue weighted by atomic mass is 10.0. The van der Waals surface area contributed by atoms with Crippen LogP contribution in [0.15, 0.2) is 83.8 Å². The number of sulfonamides is 1. The third-order valence-corrected chi connectivity index (χ3v) is 5.76. The van der Waals surface area contributed by atoms with E-state index in [1.807, 2.05) is 42.5 Å². The van der Waals surface area contributed by atoms with Gasteiger partial charge in [0.1, 0.15) is 6.54 Å². The lowest BCUT2D eigenvalue weighted by Crippen LogP contribution is -2.33. The Kier molecular flexibility index (Phi) is 6.65. The van der Waals surface area contributed by atoms with Crippen molar-refractivity contribution in [1.29, 1.82) is 0 Å². The number of alkyl halides is 3. The van der Waals surface area contributed by atoms with Crippen LogP contribution in [0.4, 0.5) is 18.9 Å². The number of rotatable bonds is 7. The molecule has 3 rings (SSSR count). The Hall–Kier alpha value is -3.33. The first kappa shape index (κ1) is 22.4. The average molecular weight is 448 g/mol. The van der Waals surface area contributed by atoms with Crippen molar-refractivity contribution in [2.75, 3.05) is 11.3 Å². The number of nitrogens with one attached hydrogen (secondary N) is 2. The van der Waals surface area contributed by atoms with Gasteiger partial charge in [0.05, 0.1) is 10.6 Å².